The number of halogens is 2. The molecular weight excluding hydrogens is 415 g/mol. The lowest BCUT2D eigenvalue weighted by Crippen LogP contribution is -2.33. The van der Waals surface area contributed by atoms with Gasteiger partial charge in [0.2, 0.25) is 0 Å². The molecule has 150 valence electrons. The van der Waals surface area contributed by atoms with Crippen molar-refractivity contribution >= 4 is 52.4 Å². The fourth-order valence-corrected chi connectivity index (χ4v) is 3.17. The fourth-order valence-electron chi connectivity index (χ4n) is 2.77. The molecule has 0 saturated heterocycles. The van der Waals surface area contributed by atoms with Crippen LogP contribution in [0.5, 0.6) is 0 Å². The van der Waals surface area contributed by atoms with Crippen LogP contribution in [0.1, 0.15) is 30.1 Å². The van der Waals surface area contributed by atoms with Gasteiger partial charge in [-0.2, -0.15) is 0 Å². The number of carbonyl (C=O) groups is 3. The Bertz CT molecular complexity index is 1000. The van der Waals surface area contributed by atoms with Crippen molar-refractivity contribution in [1.29, 1.82) is 0 Å². The van der Waals surface area contributed by atoms with Crippen LogP contribution in [0, 0.1) is 0 Å². The zero-order valence-electron chi connectivity index (χ0n) is 15.6. The minimum Gasteiger partial charge on any atom is -0.462 e. The van der Waals surface area contributed by atoms with Crippen LogP contribution >= 0.6 is 23.2 Å². The maximum atomic E-state index is 13.0. The quantitative estimate of drug-likeness (QED) is 0.388. The predicted molar refractivity (Wildman–Crippen MR) is 112 cm³/mol. The standard InChI is InChI=1S/C21H18Cl2N2O4/c1-2-3-11-29-21(28)15-9-4-5-10-16(15)25-19(26)17(23)18(20(25)27)24-14-8-6-7-13(22)12-14/h4-10,12,24H,2-3,11H2,1H3. The molecule has 0 radical (unpaired) electrons. The topological polar surface area (TPSA) is 75.7 Å². The van der Waals surface area contributed by atoms with E-state index in [9.17, 15) is 14.4 Å². The van der Waals surface area contributed by atoms with Gasteiger partial charge >= 0.3 is 5.97 Å². The minimum absolute atomic E-state index is 0.0897. The Kier molecular flexibility index (Phi) is 6.56. The molecule has 1 heterocycles. The van der Waals surface area contributed by atoms with Gasteiger partial charge in [0.05, 0.1) is 17.9 Å². The summed E-state index contributed by atoms with van der Waals surface area (Å²) in [4.78, 5) is 39.0. The Morgan fingerprint density at radius 2 is 1.83 bits per heavy atom. The average molecular weight is 433 g/mol. The third kappa shape index (κ3) is 4.44. The van der Waals surface area contributed by atoms with Crippen molar-refractivity contribution in [1.82, 2.24) is 0 Å². The molecule has 29 heavy (non-hydrogen) atoms. The number of nitrogens with zero attached hydrogens (tertiary/aromatic N) is 1. The third-order valence-corrected chi connectivity index (χ3v) is 4.80. The Hall–Kier alpha value is -2.83. The number of hydrogen-bond acceptors (Lipinski definition) is 5. The summed E-state index contributed by atoms with van der Waals surface area (Å²) in [6.45, 7) is 2.23. The first-order chi connectivity index (χ1) is 13.9. The first-order valence-electron chi connectivity index (χ1n) is 9.01. The van der Waals surface area contributed by atoms with Crippen LogP contribution in [0.25, 0.3) is 0 Å². The van der Waals surface area contributed by atoms with Crippen molar-refractivity contribution in [3.8, 4) is 0 Å². The molecule has 0 fully saturated rings. The zero-order valence-corrected chi connectivity index (χ0v) is 17.1. The molecule has 2 amide bonds. The molecule has 2 aromatic rings. The van der Waals surface area contributed by atoms with Gasteiger partial charge in [-0.05, 0) is 36.8 Å². The van der Waals surface area contributed by atoms with Crippen molar-refractivity contribution in [2.75, 3.05) is 16.8 Å². The van der Waals surface area contributed by atoms with Gasteiger partial charge in [0, 0.05) is 10.7 Å². The Morgan fingerprint density at radius 1 is 1.07 bits per heavy atom. The van der Waals surface area contributed by atoms with Gasteiger partial charge < -0.3 is 10.1 Å². The van der Waals surface area contributed by atoms with Crippen molar-refractivity contribution in [3.63, 3.8) is 0 Å². The molecular formula is C21H18Cl2N2O4. The van der Waals surface area contributed by atoms with Crippen LogP contribution in [0.15, 0.2) is 59.3 Å². The van der Waals surface area contributed by atoms with E-state index in [1.807, 2.05) is 6.92 Å². The van der Waals surface area contributed by atoms with E-state index in [0.29, 0.717) is 10.7 Å². The second-order valence-electron chi connectivity index (χ2n) is 6.28. The number of amides is 2. The largest absolute Gasteiger partial charge is 0.462 e. The van der Waals surface area contributed by atoms with Gasteiger partial charge in [-0.1, -0.05) is 54.7 Å². The summed E-state index contributed by atoms with van der Waals surface area (Å²) >= 11 is 12.1. The molecule has 0 aliphatic carbocycles. The first kappa shape index (κ1) is 20.9. The van der Waals surface area contributed by atoms with Crippen molar-refractivity contribution in [2.24, 2.45) is 0 Å². The van der Waals surface area contributed by atoms with E-state index in [1.54, 1.807) is 36.4 Å². The lowest BCUT2D eigenvalue weighted by molar-refractivity contribution is -0.120. The van der Waals surface area contributed by atoms with E-state index in [2.05, 4.69) is 5.32 Å². The fraction of sp³-hybridized carbons (Fsp3) is 0.190. The number of unbranched alkanes of at least 4 members (excludes halogenated alkanes) is 1. The van der Waals surface area contributed by atoms with Crippen LogP contribution in [-0.2, 0) is 14.3 Å². The summed E-state index contributed by atoms with van der Waals surface area (Å²) in [6.07, 6.45) is 1.59. The Balaban J connectivity index is 1.89. The molecule has 0 spiro atoms. The smallest absolute Gasteiger partial charge is 0.340 e. The van der Waals surface area contributed by atoms with E-state index in [4.69, 9.17) is 27.9 Å². The monoisotopic (exact) mass is 432 g/mol. The third-order valence-electron chi connectivity index (χ3n) is 4.22. The van der Waals surface area contributed by atoms with Crippen LogP contribution in [0.3, 0.4) is 0 Å². The molecule has 1 N–H and O–H groups in total. The first-order valence-corrected chi connectivity index (χ1v) is 9.77. The molecule has 0 saturated carbocycles. The molecule has 2 aromatic carbocycles. The number of anilines is 2. The maximum absolute atomic E-state index is 13.0. The molecule has 0 bridgehead atoms. The minimum atomic E-state index is -0.727. The van der Waals surface area contributed by atoms with Crippen LogP contribution in [-0.4, -0.2) is 24.4 Å². The predicted octanol–water partition coefficient (Wildman–Crippen LogP) is 4.73. The van der Waals surface area contributed by atoms with E-state index < -0.39 is 17.8 Å². The highest BCUT2D eigenvalue weighted by Gasteiger charge is 2.40. The van der Waals surface area contributed by atoms with Gasteiger partial charge in [-0.3, -0.25) is 9.59 Å². The number of benzene rings is 2. The molecule has 3 rings (SSSR count). The summed E-state index contributed by atoms with van der Waals surface area (Å²) in [5, 5.41) is 3.02. The maximum Gasteiger partial charge on any atom is 0.340 e. The van der Waals surface area contributed by atoms with E-state index in [0.717, 1.165) is 17.7 Å². The number of hydrogen-bond donors (Lipinski definition) is 1. The molecule has 1 aliphatic rings. The van der Waals surface area contributed by atoms with Gasteiger partial charge in [0.25, 0.3) is 11.8 Å². The number of rotatable bonds is 7. The van der Waals surface area contributed by atoms with Crippen molar-refractivity contribution in [2.45, 2.75) is 19.8 Å². The van der Waals surface area contributed by atoms with E-state index >= 15 is 0 Å². The Labute approximate surface area is 178 Å². The number of para-hydroxylation sites is 1. The highest BCUT2D eigenvalue weighted by molar-refractivity contribution is 6.53. The lowest BCUT2D eigenvalue weighted by Gasteiger charge is -2.18. The summed E-state index contributed by atoms with van der Waals surface area (Å²) in [7, 11) is 0. The van der Waals surface area contributed by atoms with Gasteiger partial charge in [0.1, 0.15) is 10.7 Å². The average Bonchev–Trinajstić information content (AvgIpc) is 2.91. The Morgan fingerprint density at radius 3 is 2.55 bits per heavy atom. The normalized spacial score (nSPS) is 13.8. The zero-order chi connectivity index (χ0) is 21.0. The summed E-state index contributed by atoms with van der Waals surface area (Å²) in [5.41, 5.74) is 0.637. The van der Waals surface area contributed by atoms with E-state index in [-0.39, 0.29) is 28.6 Å². The number of imide groups is 1. The SMILES string of the molecule is CCCCOC(=O)c1ccccc1N1C(=O)C(Cl)=C(Nc2cccc(Cl)c2)C1=O. The molecule has 0 atom stereocenters. The molecule has 0 aromatic heterocycles. The molecule has 0 unspecified atom stereocenters. The number of carbonyl (C=O) groups excluding carboxylic acids is 3. The van der Waals surface area contributed by atoms with Crippen LogP contribution in [0.2, 0.25) is 5.02 Å². The molecule has 8 heteroatoms. The van der Waals surface area contributed by atoms with Crippen molar-refractivity contribution < 1.29 is 19.1 Å². The van der Waals surface area contributed by atoms with Crippen LogP contribution in [0.4, 0.5) is 11.4 Å². The molecule has 1 aliphatic heterocycles. The van der Waals surface area contributed by atoms with Gasteiger partial charge in [-0.15, -0.1) is 0 Å². The second-order valence-corrected chi connectivity index (χ2v) is 7.09. The molecule has 6 nitrogen and oxygen atoms in total. The van der Waals surface area contributed by atoms with Gasteiger partial charge in [-0.25, -0.2) is 9.69 Å². The number of nitrogens with one attached hydrogen (secondary N) is 1. The number of esters is 1. The van der Waals surface area contributed by atoms with Gasteiger partial charge in [0.15, 0.2) is 0 Å². The highest BCUT2D eigenvalue weighted by atomic mass is 35.5. The summed E-state index contributed by atoms with van der Waals surface area (Å²) < 4.78 is 5.24. The van der Waals surface area contributed by atoms with Crippen molar-refractivity contribution in [3.05, 3.63) is 69.8 Å². The summed E-state index contributed by atoms with van der Waals surface area (Å²) in [5.74, 6) is -2.01. The second kappa shape index (κ2) is 9.11. The van der Waals surface area contributed by atoms with Crippen LogP contribution < -0.4 is 10.2 Å². The lowest BCUT2D eigenvalue weighted by atomic mass is 10.1. The van der Waals surface area contributed by atoms with E-state index in [1.165, 1.54) is 12.1 Å². The number of ether oxygens (including phenoxy) is 1. The highest BCUT2D eigenvalue weighted by Crippen LogP contribution is 2.32. The summed E-state index contributed by atoms with van der Waals surface area (Å²) in [6, 6.07) is 12.9.